The van der Waals surface area contributed by atoms with Crippen LogP contribution in [0, 0.1) is 11.8 Å². The summed E-state index contributed by atoms with van der Waals surface area (Å²) in [4.78, 5) is 0. The van der Waals surface area contributed by atoms with Crippen molar-refractivity contribution in [2.24, 2.45) is 17.6 Å². The second-order valence-electron chi connectivity index (χ2n) is 4.80. The van der Waals surface area contributed by atoms with Gasteiger partial charge in [0, 0.05) is 0 Å². The molecule has 0 saturated heterocycles. The predicted octanol–water partition coefficient (Wildman–Crippen LogP) is 3.50. The third kappa shape index (κ3) is 2.86. The molecule has 0 heterocycles. The monoisotopic (exact) mass is 227 g/mol. The molecule has 0 amide bonds. The molecule has 2 rings (SSSR count). The number of hydrogen-bond acceptors (Lipinski definition) is 1. The maximum Gasteiger partial charge on any atom is -0.00712 e. The minimum Gasteiger partial charge on any atom is -0.330 e. The zero-order chi connectivity index (χ0) is 12.1. The van der Waals surface area contributed by atoms with Crippen molar-refractivity contribution in [3.63, 3.8) is 0 Å². The van der Waals surface area contributed by atoms with E-state index in [2.05, 4.69) is 61.6 Å². The molecule has 3 unspecified atom stereocenters. The number of benzene rings is 1. The fraction of sp³-hybridized carbons (Fsp3) is 0.375. The van der Waals surface area contributed by atoms with Crippen molar-refractivity contribution >= 4 is 0 Å². The molecule has 1 nitrogen and oxygen atoms in total. The molecule has 0 aliphatic heterocycles. The Hall–Kier alpha value is -1.34. The summed E-state index contributed by atoms with van der Waals surface area (Å²) in [5, 5.41) is 0. The van der Waals surface area contributed by atoms with Crippen LogP contribution in [0.1, 0.15) is 24.8 Å². The molecule has 0 fully saturated rings. The topological polar surface area (TPSA) is 26.0 Å². The highest BCUT2D eigenvalue weighted by molar-refractivity contribution is 5.25. The molecule has 0 aromatic heterocycles. The van der Waals surface area contributed by atoms with Crippen molar-refractivity contribution in [2.45, 2.75) is 19.3 Å². The van der Waals surface area contributed by atoms with E-state index in [4.69, 9.17) is 5.73 Å². The SMILES string of the molecule is CC1C=CC=CC1C(CCN)c1ccccc1. The molecule has 0 saturated carbocycles. The Labute approximate surface area is 104 Å². The Bertz CT molecular complexity index is 391. The fourth-order valence-corrected chi connectivity index (χ4v) is 2.70. The van der Waals surface area contributed by atoms with E-state index in [0.29, 0.717) is 17.8 Å². The van der Waals surface area contributed by atoms with Gasteiger partial charge in [-0.15, -0.1) is 0 Å². The van der Waals surface area contributed by atoms with Gasteiger partial charge in [-0.2, -0.15) is 0 Å². The van der Waals surface area contributed by atoms with Crippen LogP contribution in [0.15, 0.2) is 54.6 Å². The predicted molar refractivity (Wildman–Crippen MR) is 73.8 cm³/mol. The largest absolute Gasteiger partial charge is 0.330 e. The molecule has 1 aromatic rings. The Morgan fingerprint density at radius 2 is 1.82 bits per heavy atom. The van der Waals surface area contributed by atoms with Gasteiger partial charge < -0.3 is 5.73 Å². The summed E-state index contributed by atoms with van der Waals surface area (Å²) in [5.74, 6) is 1.71. The number of hydrogen-bond donors (Lipinski definition) is 1. The molecule has 2 N–H and O–H groups in total. The normalized spacial score (nSPS) is 24.8. The summed E-state index contributed by atoms with van der Waals surface area (Å²) in [6, 6.07) is 10.7. The molecular weight excluding hydrogens is 206 g/mol. The van der Waals surface area contributed by atoms with Crippen LogP contribution < -0.4 is 5.73 Å². The van der Waals surface area contributed by atoms with Gasteiger partial charge in [-0.25, -0.2) is 0 Å². The van der Waals surface area contributed by atoms with E-state index in [1.54, 1.807) is 0 Å². The summed E-state index contributed by atoms with van der Waals surface area (Å²) >= 11 is 0. The summed E-state index contributed by atoms with van der Waals surface area (Å²) in [6.07, 6.45) is 9.98. The van der Waals surface area contributed by atoms with Crippen LogP contribution in [0.5, 0.6) is 0 Å². The maximum absolute atomic E-state index is 5.78. The Morgan fingerprint density at radius 1 is 1.12 bits per heavy atom. The van der Waals surface area contributed by atoms with Gasteiger partial charge in [0.15, 0.2) is 0 Å². The van der Waals surface area contributed by atoms with Gasteiger partial charge in [0.2, 0.25) is 0 Å². The van der Waals surface area contributed by atoms with Crippen LogP contribution in [0.2, 0.25) is 0 Å². The molecule has 0 radical (unpaired) electrons. The fourth-order valence-electron chi connectivity index (χ4n) is 2.70. The van der Waals surface area contributed by atoms with E-state index in [1.165, 1.54) is 5.56 Å². The lowest BCUT2D eigenvalue weighted by atomic mass is 9.75. The minimum atomic E-state index is 0.539. The third-order valence-electron chi connectivity index (χ3n) is 3.64. The second kappa shape index (κ2) is 5.83. The van der Waals surface area contributed by atoms with E-state index in [-0.39, 0.29) is 0 Å². The lowest BCUT2D eigenvalue weighted by Crippen LogP contribution is -2.21. The van der Waals surface area contributed by atoms with E-state index < -0.39 is 0 Å². The molecule has 17 heavy (non-hydrogen) atoms. The van der Waals surface area contributed by atoms with Crippen molar-refractivity contribution in [3.05, 3.63) is 60.2 Å². The van der Waals surface area contributed by atoms with Crippen LogP contribution in [0.25, 0.3) is 0 Å². The molecule has 1 aliphatic carbocycles. The van der Waals surface area contributed by atoms with Crippen LogP contribution in [0.3, 0.4) is 0 Å². The smallest absolute Gasteiger partial charge is 0.00712 e. The standard InChI is InChI=1S/C16H21N/c1-13-7-5-6-10-15(13)16(11-12-17)14-8-3-2-4-9-14/h2-10,13,15-16H,11-12,17H2,1H3. The summed E-state index contributed by atoms with van der Waals surface area (Å²) in [6.45, 7) is 3.04. The van der Waals surface area contributed by atoms with Gasteiger partial charge in [0.05, 0.1) is 0 Å². The average Bonchev–Trinajstić information content (AvgIpc) is 2.38. The van der Waals surface area contributed by atoms with Gasteiger partial charge >= 0.3 is 0 Å². The summed E-state index contributed by atoms with van der Waals surface area (Å²) < 4.78 is 0. The first kappa shape index (κ1) is 12.1. The summed E-state index contributed by atoms with van der Waals surface area (Å²) in [5.41, 5.74) is 7.19. The zero-order valence-electron chi connectivity index (χ0n) is 10.4. The average molecular weight is 227 g/mol. The highest BCUT2D eigenvalue weighted by Crippen LogP contribution is 2.35. The molecule has 1 heteroatoms. The van der Waals surface area contributed by atoms with Gasteiger partial charge in [0.25, 0.3) is 0 Å². The molecule has 1 aliphatic rings. The minimum absolute atomic E-state index is 0.539. The molecule has 0 spiro atoms. The van der Waals surface area contributed by atoms with Crippen molar-refractivity contribution in [2.75, 3.05) is 6.54 Å². The molecule has 0 bridgehead atoms. The maximum atomic E-state index is 5.78. The van der Waals surface area contributed by atoms with Crippen molar-refractivity contribution < 1.29 is 0 Å². The number of nitrogens with two attached hydrogens (primary N) is 1. The third-order valence-corrected chi connectivity index (χ3v) is 3.64. The van der Waals surface area contributed by atoms with E-state index in [1.807, 2.05) is 0 Å². The van der Waals surface area contributed by atoms with E-state index in [9.17, 15) is 0 Å². The van der Waals surface area contributed by atoms with Gasteiger partial charge in [0.1, 0.15) is 0 Å². The van der Waals surface area contributed by atoms with Gasteiger partial charge in [-0.1, -0.05) is 61.6 Å². The van der Waals surface area contributed by atoms with Crippen LogP contribution in [-0.4, -0.2) is 6.54 Å². The molecule has 90 valence electrons. The Kier molecular flexibility index (Phi) is 4.16. The Morgan fingerprint density at radius 3 is 2.47 bits per heavy atom. The summed E-state index contributed by atoms with van der Waals surface area (Å²) in [7, 11) is 0. The van der Waals surface area contributed by atoms with E-state index >= 15 is 0 Å². The van der Waals surface area contributed by atoms with Crippen LogP contribution in [0.4, 0.5) is 0 Å². The first-order valence-corrected chi connectivity index (χ1v) is 6.43. The highest BCUT2D eigenvalue weighted by atomic mass is 14.5. The lowest BCUT2D eigenvalue weighted by molar-refractivity contribution is 0.399. The van der Waals surface area contributed by atoms with Crippen LogP contribution in [-0.2, 0) is 0 Å². The van der Waals surface area contributed by atoms with Crippen molar-refractivity contribution in [3.8, 4) is 0 Å². The first-order valence-electron chi connectivity index (χ1n) is 6.43. The second-order valence-corrected chi connectivity index (χ2v) is 4.80. The zero-order valence-corrected chi connectivity index (χ0v) is 10.4. The van der Waals surface area contributed by atoms with Gasteiger partial charge in [-0.05, 0) is 36.3 Å². The molecule has 1 aromatic carbocycles. The van der Waals surface area contributed by atoms with E-state index in [0.717, 1.165) is 13.0 Å². The number of rotatable bonds is 4. The van der Waals surface area contributed by atoms with Crippen LogP contribution >= 0.6 is 0 Å². The lowest BCUT2D eigenvalue weighted by Gasteiger charge is -2.30. The quantitative estimate of drug-likeness (QED) is 0.837. The van der Waals surface area contributed by atoms with Gasteiger partial charge in [-0.3, -0.25) is 0 Å². The highest BCUT2D eigenvalue weighted by Gasteiger charge is 2.25. The number of allylic oxidation sites excluding steroid dienone is 4. The first-order chi connectivity index (χ1) is 8.33. The molecule has 3 atom stereocenters. The molecular formula is C16H21N. The van der Waals surface area contributed by atoms with Crippen molar-refractivity contribution in [1.82, 2.24) is 0 Å². The Balaban J connectivity index is 2.23. The van der Waals surface area contributed by atoms with Crippen molar-refractivity contribution in [1.29, 1.82) is 0 Å².